The van der Waals surface area contributed by atoms with Crippen molar-refractivity contribution in [3.05, 3.63) is 23.8 Å². The highest BCUT2D eigenvalue weighted by molar-refractivity contribution is 5.79. The maximum Gasteiger partial charge on any atom is 0.303 e. The van der Waals surface area contributed by atoms with E-state index in [1.54, 1.807) is 0 Å². The molecule has 0 aliphatic carbocycles. The van der Waals surface area contributed by atoms with E-state index in [2.05, 4.69) is 5.32 Å². The van der Waals surface area contributed by atoms with Gasteiger partial charge in [-0.2, -0.15) is 0 Å². The summed E-state index contributed by atoms with van der Waals surface area (Å²) < 4.78 is 27.2. The van der Waals surface area contributed by atoms with Crippen LogP contribution < -0.4 is 10.1 Å². The summed E-state index contributed by atoms with van der Waals surface area (Å²) in [5.41, 5.74) is 0.0192. The van der Waals surface area contributed by atoms with Crippen molar-refractivity contribution in [1.29, 1.82) is 0 Å². The van der Waals surface area contributed by atoms with Gasteiger partial charge < -0.3 is 34.1 Å². The van der Waals surface area contributed by atoms with Gasteiger partial charge in [0.15, 0.2) is 18.5 Å². The third-order valence-electron chi connectivity index (χ3n) is 4.45. The molecule has 1 aromatic rings. The molecule has 0 saturated carbocycles. The Morgan fingerprint density at radius 1 is 1.03 bits per heavy atom. The van der Waals surface area contributed by atoms with E-state index in [0.717, 1.165) is 19.9 Å². The number of carbonyl (C=O) groups is 5. The summed E-state index contributed by atoms with van der Waals surface area (Å²) in [5.74, 6) is -2.96. The number of hydrogen-bond donors (Lipinski definition) is 2. The maximum absolute atomic E-state index is 11.9. The van der Waals surface area contributed by atoms with E-state index in [0.29, 0.717) is 6.29 Å². The molecule has 12 heteroatoms. The number of nitrogens with one attached hydrogen (secondary N) is 1. The summed E-state index contributed by atoms with van der Waals surface area (Å²) in [7, 11) is 0. The first-order valence-electron chi connectivity index (χ1n) is 9.87. The third kappa shape index (κ3) is 7.17. The standard InChI is InChI=1S/C21H25NO11/c1-10(24)22-18-20(31-13(4)27)19(30-12(3)26)17(9-29-11(2)25)33-21(18)32-15-6-5-14(8-23)16(28)7-15/h5-8,17-21,28H,9H2,1-4H3,(H,22,24)/t17-,18+,19-,20-,21-/m1/s1. The van der Waals surface area contributed by atoms with Crippen molar-refractivity contribution in [3.63, 3.8) is 0 Å². The Labute approximate surface area is 189 Å². The zero-order valence-electron chi connectivity index (χ0n) is 18.4. The molecule has 1 fully saturated rings. The second kappa shape index (κ2) is 11.3. The van der Waals surface area contributed by atoms with E-state index in [1.807, 2.05) is 0 Å². The van der Waals surface area contributed by atoms with Crippen LogP contribution in [0.1, 0.15) is 38.1 Å². The van der Waals surface area contributed by atoms with Crippen LogP contribution >= 0.6 is 0 Å². The summed E-state index contributed by atoms with van der Waals surface area (Å²) in [5, 5.41) is 12.5. The summed E-state index contributed by atoms with van der Waals surface area (Å²) in [4.78, 5) is 57.7. The van der Waals surface area contributed by atoms with Crippen LogP contribution in [0.25, 0.3) is 0 Å². The fourth-order valence-electron chi connectivity index (χ4n) is 3.22. The van der Waals surface area contributed by atoms with Crippen LogP contribution in [0.3, 0.4) is 0 Å². The van der Waals surface area contributed by atoms with E-state index < -0.39 is 54.5 Å². The second-order valence-corrected chi connectivity index (χ2v) is 7.18. The molecule has 1 aliphatic rings. The van der Waals surface area contributed by atoms with Crippen molar-refractivity contribution >= 4 is 30.1 Å². The van der Waals surface area contributed by atoms with Crippen molar-refractivity contribution in [1.82, 2.24) is 5.32 Å². The molecule has 1 aliphatic heterocycles. The highest BCUT2D eigenvalue weighted by Crippen LogP contribution is 2.30. The number of hydrogen-bond acceptors (Lipinski definition) is 11. The van der Waals surface area contributed by atoms with Gasteiger partial charge in [-0.3, -0.25) is 24.0 Å². The van der Waals surface area contributed by atoms with E-state index in [4.69, 9.17) is 23.7 Å². The molecule has 2 rings (SSSR count). The van der Waals surface area contributed by atoms with Crippen molar-refractivity contribution in [2.75, 3.05) is 6.61 Å². The van der Waals surface area contributed by atoms with Gasteiger partial charge >= 0.3 is 17.9 Å². The van der Waals surface area contributed by atoms with Gasteiger partial charge in [0.1, 0.15) is 30.3 Å². The minimum Gasteiger partial charge on any atom is -0.507 e. The smallest absolute Gasteiger partial charge is 0.303 e. The lowest BCUT2D eigenvalue weighted by molar-refractivity contribution is -0.257. The number of ether oxygens (including phenoxy) is 5. The highest BCUT2D eigenvalue weighted by atomic mass is 16.7. The average molecular weight is 467 g/mol. The second-order valence-electron chi connectivity index (χ2n) is 7.18. The molecular formula is C21H25NO11. The van der Waals surface area contributed by atoms with Gasteiger partial charge in [-0.05, 0) is 12.1 Å². The van der Waals surface area contributed by atoms with Crippen LogP contribution in [-0.4, -0.2) is 72.5 Å². The molecule has 33 heavy (non-hydrogen) atoms. The minimum atomic E-state index is -1.34. The van der Waals surface area contributed by atoms with Gasteiger partial charge in [-0.15, -0.1) is 0 Å². The molecule has 5 atom stereocenters. The molecule has 1 heterocycles. The number of rotatable bonds is 8. The molecule has 0 unspecified atom stereocenters. The highest BCUT2D eigenvalue weighted by Gasteiger charge is 2.52. The molecule has 1 amide bonds. The first kappa shape index (κ1) is 25.6. The number of phenolic OH excluding ortho intramolecular Hbond substituents is 1. The Morgan fingerprint density at radius 3 is 2.18 bits per heavy atom. The zero-order valence-corrected chi connectivity index (χ0v) is 18.4. The number of phenols is 1. The summed E-state index contributed by atoms with van der Waals surface area (Å²) in [6.07, 6.45) is -4.57. The van der Waals surface area contributed by atoms with Crippen molar-refractivity contribution in [3.8, 4) is 11.5 Å². The molecule has 0 aromatic heterocycles. The van der Waals surface area contributed by atoms with Gasteiger partial charge in [0.05, 0.1) is 5.56 Å². The average Bonchev–Trinajstić information content (AvgIpc) is 2.70. The van der Waals surface area contributed by atoms with E-state index in [-0.39, 0.29) is 23.7 Å². The van der Waals surface area contributed by atoms with E-state index in [9.17, 15) is 29.1 Å². The fraction of sp³-hybridized carbons (Fsp3) is 0.476. The lowest BCUT2D eigenvalue weighted by Crippen LogP contribution is -2.67. The molecule has 12 nitrogen and oxygen atoms in total. The molecule has 1 saturated heterocycles. The molecule has 1 aromatic carbocycles. The zero-order chi connectivity index (χ0) is 24.7. The van der Waals surface area contributed by atoms with Crippen LogP contribution in [0.5, 0.6) is 11.5 Å². The van der Waals surface area contributed by atoms with Gasteiger partial charge in [0.25, 0.3) is 0 Å². The van der Waals surface area contributed by atoms with Crippen LogP contribution in [0, 0.1) is 0 Å². The predicted molar refractivity (Wildman–Crippen MR) is 108 cm³/mol. The molecule has 0 radical (unpaired) electrons. The van der Waals surface area contributed by atoms with Gasteiger partial charge in [0, 0.05) is 33.8 Å². The normalized spacial score (nSPS) is 24.2. The quantitative estimate of drug-likeness (QED) is 0.306. The van der Waals surface area contributed by atoms with Gasteiger partial charge in [-0.25, -0.2) is 0 Å². The Kier molecular flexibility index (Phi) is 8.74. The minimum absolute atomic E-state index is 0.0192. The van der Waals surface area contributed by atoms with Crippen LogP contribution in [0.2, 0.25) is 0 Å². The number of carbonyl (C=O) groups excluding carboxylic acids is 5. The molecule has 180 valence electrons. The Morgan fingerprint density at radius 2 is 1.67 bits per heavy atom. The lowest BCUT2D eigenvalue weighted by Gasteiger charge is -2.44. The monoisotopic (exact) mass is 467 g/mol. The first-order chi connectivity index (χ1) is 15.5. The van der Waals surface area contributed by atoms with Crippen molar-refractivity contribution in [2.45, 2.75) is 58.3 Å². The summed E-state index contributed by atoms with van der Waals surface area (Å²) in [6.45, 7) is 4.24. The molecule has 0 spiro atoms. The first-order valence-corrected chi connectivity index (χ1v) is 9.87. The Balaban J connectivity index is 2.47. The molecule has 2 N–H and O–H groups in total. The molecular weight excluding hydrogens is 442 g/mol. The Bertz CT molecular complexity index is 915. The van der Waals surface area contributed by atoms with Gasteiger partial charge in [0.2, 0.25) is 12.2 Å². The Hall–Kier alpha value is -3.67. The third-order valence-corrected chi connectivity index (χ3v) is 4.45. The van der Waals surface area contributed by atoms with Crippen LogP contribution in [0.15, 0.2) is 18.2 Å². The van der Waals surface area contributed by atoms with E-state index >= 15 is 0 Å². The largest absolute Gasteiger partial charge is 0.507 e. The van der Waals surface area contributed by atoms with E-state index in [1.165, 1.54) is 26.0 Å². The number of benzene rings is 1. The number of aromatic hydroxyl groups is 1. The predicted octanol–water partition coefficient (Wildman–Crippen LogP) is 0.240. The number of amides is 1. The lowest BCUT2D eigenvalue weighted by atomic mass is 9.96. The van der Waals surface area contributed by atoms with Crippen molar-refractivity contribution < 1.29 is 52.8 Å². The maximum atomic E-state index is 11.9. The summed E-state index contributed by atoms with van der Waals surface area (Å²) >= 11 is 0. The van der Waals surface area contributed by atoms with Crippen molar-refractivity contribution in [2.24, 2.45) is 0 Å². The van der Waals surface area contributed by atoms with Crippen LogP contribution in [-0.2, 0) is 38.1 Å². The summed E-state index contributed by atoms with van der Waals surface area (Å²) in [6, 6.07) is 2.66. The number of aldehydes is 1. The fourth-order valence-corrected chi connectivity index (χ4v) is 3.22. The molecule has 0 bridgehead atoms. The van der Waals surface area contributed by atoms with Gasteiger partial charge in [-0.1, -0.05) is 0 Å². The van der Waals surface area contributed by atoms with Crippen LogP contribution in [0.4, 0.5) is 0 Å². The number of esters is 3. The topological polar surface area (TPSA) is 164 Å². The SMILES string of the molecule is CC(=O)N[C@@H]1[C@H](Oc2ccc(C=O)c(O)c2)O[C@H](COC(C)=O)[C@@H](OC(C)=O)[C@@H]1OC(C)=O.